The number of hydrogen-bond donors (Lipinski definition) is 0. The summed E-state index contributed by atoms with van der Waals surface area (Å²) in [7, 11) is 0. The highest BCUT2D eigenvalue weighted by Crippen LogP contribution is 2.40. The van der Waals surface area contributed by atoms with Gasteiger partial charge in [-0.25, -0.2) is 0 Å². The van der Waals surface area contributed by atoms with E-state index in [1.165, 1.54) is 87.6 Å². The summed E-state index contributed by atoms with van der Waals surface area (Å²) in [6, 6.07) is 66.5. The lowest BCUT2D eigenvalue weighted by molar-refractivity contribution is 1.62. The van der Waals surface area contributed by atoms with E-state index in [4.69, 9.17) is 0 Å². The zero-order valence-electron chi connectivity index (χ0n) is 25.3. The predicted octanol–water partition coefficient (Wildman–Crippen LogP) is 13.0. The van der Waals surface area contributed by atoms with Gasteiger partial charge in [-0.3, -0.25) is 0 Å². The molecule has 0 nitrogen and oxygen atoms in total. The van der Waals surface area contributed by atoms with Gasteiger partial charge in [-0.2, -0.15) is 0 Å². The van der Waals surface area contributed by atoms with Crippen molar-refractivity contribution in [1.29, 1.82) is 0 Å². The molecule has 9 rings (SSSR count). The molecule has 0 aliphatic carbocycles. The van der Waals surface area contributed by atoms with Crippen LogP contribution in [0.3, 0.4) is 0 Å². The third-order valence-electron chi connectivity index (χ3n) is 9.44. The molecule has 0 bridgehead atoms. The predicted molar refractivity (Wildman–Crippen MR) is 198 cm³/mol. The highest BCUT2D eigenvalue weighted by molar-refractivity contribution is 6.11. The van der Waals surface area contributed by atoms with Crippen molar-refractivity contribution in [1.82, 2.24) is 0 Å². The molecule has 0 fully saturated rings. The van der Waals surface area contributed by atoms with Crippen LogP contribution in [0.2, 0.25) is 0 Å². The Hall–Kier alpha value is -5.98. The van der Waals surface area contributed by atoms with E-state index in [2.05, 4.69) is 182 Å². The molecule has 46 heavy (non-hydrogen) atoms. The monoisotopic (exact) mass is 582 g/mol. The molecule has 0 N–H and O–H groups in total. The third kappa shape index (κ3) is 4.47. The van der Waals surface area contributed by atoms with Gasteiger partial charge in [0.2, 0.25) is 0 Å². The second-order valence-electron chi connectivity index (χ2n) is 12.1. The van der Waals surface area contributed by atoms with Crippen LogP contribution in [0.5, 0.6) is 0 Å². The van der Waals surface area contributed by atoms with Gasteiger partial charge in [0.1, 0.15) is 0 Å². The molecule has 0 aromatic heterocycles. The average molecular weight is 583 g/mol. The third-order valence-corrected chi connectivity index (χ3v) is 9.44. The zero-order chi connectivity index (χ0) is 30.5. The minimum absolute atomic E-state index is 1.23. The maximum atomic E-state index is 2.36. The molecule has 0 atom stereocenters. The van der Waals surface area contributed by atoms with Gasteiger partial charge >= 0.3 is 0 Å². The minimum Gasteiger partial charge on any atom is -0.0622 e. The molecule has 0 aliphatic heterocycles. The Kier molecular flexibility index (Phi) is 6.25. The van der Waals surface area contributed by atoms with Crippen molar-refractivity contribution < 1.29 is 0 Å². The highest BCUT2D eigenvalue weighted by atomic mass is 14.2. The molecular formula is C46H30. The smallest absolute Gasteiger partial charge is 0.00988 e. The lowest BCUT2D eigenvalue weighted by Crippen LogP contribution is -1.88. The van der Waals surface area contributed by atoms with E-state index in [-0.39, 0.29) is 0 Å². The maximum Gasteiger partial charge on any atom is -0.00988 e. The number of rotatable bonds is 4. The summed E-state index contributed by atoms with van der Waals surface area (Å²) in [4.78, 5) is 0. The lowest BCUT2D eigenvalue weighted by Gasteiger charge is -2.15. The summed E-state index contributed by atoms with van der Waals surface area (Å²) in [6.45, 7) is 0. The van der Waals surface area contributed by atoms with Crippen LogP contribution in [0.4, 0.5) is 0 Å². The lowest BCUT2D eigenvalue weighted by atomic mass is 9.89. The average Bonchev–Trinajstić information content (AvgIpc) is 3.14. The van der Waals surface area contributed by atoms with Crippen molar-refractivity contribution in [2.24, 2.45) is 0 Å². The van der Waals surface area contributed by atoms with E-state index in [0.717, 1.165) is 0 Å². The molecule has 0 aliphatic rings. The van der Waals surface area contributed by atoms with Gasteiger partial charge < -0.3 is 0 Å². The van der Waals surface area contributed by atoms with Crippen LogP contribution < -0.4 is 0 Å². The summed E-state index contributed by atoms with van der Waals surface area (Å²) in [6.07, 6.45) is 0. The van der Waals surface area contributed by atoms with Crippen molar-refractivity contribution in [3.8, 4) is 44.5 Å². The first kappa shape index (κ1) is 26.4. The van der Waals surface area contributed by atoms with Crippen LogP contribution in [0, 0.1) is 0 Å². The van der Waals surface area contributed by atoms with Crippen LogP contribution in [0.25, 0.3) is 87.6 Å². The van der Waals surface area contributed by atoms with Crippen LogP contribution in [0.15, 0.2) is 182 Å². The fraction of sp³-hybridized carbons (Fsp3) is 0. The quantitative estimate of drug-likeness (QED) is 0.181. The van der Waals surface area contributed by atoms with Crippen molar-refractivity contribution in [2.75, 3.05) is 0 Å². The fourth-order valence-corrected chi connectivity index (χ4v) is 7.17. The molecule has 9 aromatic carbocycles. The Labute approximate surface area is 268 Å². The standard InChI is InChI=1S/C46H30/c1-3-11-31(12-4-1)39-17-9-20-44-40(18-10-19-43(39)44)37-23-25-41-35(27-37)21-22-36-28-38(24-26-42(36)41)46-30-34-16-8-7-15-33(34)29-45(46)32-13-5-2-6-14-32/h1-30H. The van der Waals surface area contributed by atoms with Gasteiger partial charge in [-0.15, -0.1) is 0 Å². The number of hydrogen-bond acceptors (Lipinski definition) is 0. The SMILES string of the molecule is c1ccc(-c2cc3ccccc3cc2-c2ccc3c(ccc4cc(-c5cccc6c(-c7ccccc7)cccc56)ccc43)c2)cc1. The van der Waals surface area contributed by atoms with Crippen molar-refractivity contribution in [3.05, 3.63) is 182 Å². The normalized spacial score (nSPS) is 11.5. The molecule has 0 saturated carbocycles. The highest BCUT2D eigenvalue weighted by Gasteiger charge is 2.13. The van der Waals surface area contributed by atoms with Crippen molar-refractivity contribution in [2.45, 2.75) is 0 Å². The summed E-state index contributed by atoms with van der Waals surface area (Å²) < 4.78 is 0. The molecule has 9 aromatic rings. The van der Waals surface area contributed by atoms with E-state index < -0.39 is 0 Å². The summed E-state index contributed by atoms with van der Waals surface area (Å²) in [5.41, 5.74) is 10.00. The molecule has 0 radical (unpaired) electrons. The van der Waals surface area contributed by atoms with Gasteiger partial charge in [0.05, 0.1) is 0 Å². The van der Waals surface area contributed by atoms with Crippen LogP contribution in [-0.4, -0.2) is 0 Å². The van der Waals surface area contributed by atoms with Crippen LogP contribution in [0.1, 0.15) is 0 Å². The van der Waals surface area contributed by atoms with Gasteiger partial charge in [0.25, 0.3) is 0 Å². The summed E-state index contributed by atoms with van der Waals surface area (Å²) in [5.74, 6) is 0. The van der Waals surface area contributed by atoms with Crippen LogP contribution >= 0.6 is 0 Å². The van der Waals surface area contributed by atoms with E-state index in [9.17, 15) is 0 Å². The topological polar surface area (TPSA) is 0 Å². The van der Waals surface area contributed by atoms with E-state index >= 15 is 0 Å². The largest absolute Gasteiger partial charge is 0.0622 e. The molecule has 0 saturated heterocycles. The second-order valence-corrected chi connectivity index (χ2v) is 12.1. The number of benzene rings is 9. The first-order valence-electron chi connectivity index (χ1n) is 15.9. The van der Waals surface area contributed by atoms with Gasteiger partial charge in [-0.1, -0.05) is 158 Å². The summed E-state index contributed by atoms with van der Waals surface area (Å²) in [5, 5.41) is 10.1. The molecule has 0 unspecified atom stereocenters. The Morgan fingerprint density at radius 2 is 0.630 bits per heavy atom. The van der Waals surface area contributed by atoms with Crippen molar-refractivity contribution in [3.63, 3.8) is 0 Å². The zero-order valence-corrected chi connectivity index (χ0v) is 25.3. The first-order valence-corrected chi connectivity index (χ1v) is 15.9. The van der Waals surface area contributed by atoms with E-state index in [1.54, 1.807) is 0 Å². The van der Waals surface area contributed by atoms with E-state index in [0.29, 0.717) is 0 Å². The van der Waals surface area contributed by atoms with E-state index in [1.807, 2.05) is 0 Å². The van der Waals surface area contributed by atoms with Gasteiger partial charge in [0, 0.05) is 0 Å². The Morgan fingerprint density at radius 3 is 1.17 bits per heavy atom. The Morgan fingerprint density at radius 1 is 0.196 bits per heavy atom. The molecule has 214 valence electrons. The summed E-state index contributed by atoms with van der Waals surface area (Å²) >= 11 is 0. The molecule has 0 amide bonds. The second kappa shape index (κ2) is 10.9. The Bertz CT molecular complexity index is 2560. The maximum absolute atomic E-state index is 2.36. The first-order chi connectivity index (χ1) is 22.8. The minimum atomic E-state index is 1.23. The Balaban J connectivity index is 1.16. The van der Waals surface area contributed by atoms with Crippen molar-refractivity contribution >= 4 is 43.1 Å². The molecular weight excluding hydrogens is 553 g/mol. The molecule has 0 heteroatoms. The van der Waals surface area contributed by atoms with Gasteiger partial charge in [0.15, 0.2) is 0 Å². The number of fused-ring (bicyclic) bond motifs is 5. The van der Waals surface area contributed by atoms with Crippen LogP contribution in [-0.2, 0) is 0 Å². The molecule has 0 heterocycles. The molecule has 0 spiro atoms. The van der Waals surface area contributed by atoms with Gasteiger partial charge in [-0.05, 0) is 112 Å². The fourth-order valence-electron chi connectivity index (χ4n) is 7.17.